The fourth-order valence-corrected chi connectivity index (χ4v) is 2.14. The first-order chi connectivity index (χ1) is 9.69. The lowest BCUT2D eigenvalue weighted by Gasteiger charge is -2.14. The normalized spacial score (nSPS) is 19.6. The van der Waals surface area contributed by atoms with Gasteiger partial charge < -0.3 is 15.4 Å². The number of aromatic nitrogens is 1. The fraction of sp³-hybridized carbons (Fsp3) is 0.600. The summed E-state index contributed by atoms with van der Waals surface area (Å²) in [6.07, 6.45) is 6.61. The molecule has 1 fully saturated rings. The minimum atomic E-state index is -0.0965. The molecule has 0 radical (unpaired) electrons. The number of anilines is 1. The number of hydrogen-bond donors (Lipinski definition) is 2. The van der Waals surface area contributed by atoms with E-state index < -0.39 is 0 Å². The second kappa shape index (κ2) is 7.24. The molecule has 110 valence electrons. The second-order valence-corrected chi connectivity index (χ2v) is 5.26. The predicted octanol–water partition coefficient (Wildman–Crippen LogP) is 2.20. The first-order valence-electron chi connectivity index (χ1n) is 7.30. The number of pyridine rings is 1. The van der Waals surface area contributed by atoms with E-state index in [0.717, 1.165) is 31.6 Å². The van der Waals surface area contributed by atoms with Crippen LogP contribution in [0.4, 0.5) is 5.69 Å². The summed E-state index contributed by atoms with van der Waals surface area (Å²) in [5.74, 6) is -0.0965. The van der Waals surface area contributed by atoms with E-state index in [9.17, 15) is 4.79 Å². The summed E-state index contributed by atoms with van der Waals surface area (Å²) in [6, 6.07) is 2.20. The lowest BCUT2D eigenvalue weighted by atomic mass is 10.2. The Bertz CT molecular complexity index is 444. The summed E-state index contributed by atoms with van der Waals surface area (Å²) in [7, 11) is 0. The van der Waals surface area contributed by atoms with E-state index in [1.807, 2.05) is 6.07 Å². The Kier molecular flexibility index (Phi) is 5.35. The van der Waals surface area contributed by atoms with Gasteiger partial charge in [-0.15, -0.1) is 0 Å². The van der Waals surface area contributed by atoms with Crippen molar-refractivity contribution in [1.82, 2.24) is 10.3 Å². The highest BCUT2D eigenvalue weighted by atomic mass is 16.5. The summed E-state index contributed by atoms with van der Waals surface area (Å²) in [5, 5.41) is 6.22. The third-order valence-corrected chi connectivity index (χ3v) is 3.54. The average molecular weight is 277 g/mol. The average Bonchev–Trinajstić information content (AvgIpc) is 2.98. The first kappa shape index (κ1) is 14.8. The Labute approximate surface area is 120 Å². The Balaban J connectivity index is 1.90. The summed E-state index contributed by atoms with van der Waals surface area (Å²) >= 11 is 0. The fourth-order valence-electron chi connectivity index (χ4n) is 2.14. The van der Waals surface area contributed by atoms with Gasteiger partial charge in [0.15, 0.2) is 0 Å². The Morgan fingerprint density at radius 1 is 1.55 bits per heavy atom. The van der Waals surface area contributed by atoms with E-state index in [2.05, 4.69) is 29.5 Å². The molecule has 0 aromatic carbocycles. The van der Waals surface area contributed by atoms with Gasteiger partial charge in [-0.05, 0) is 32.3 Å². The number of rotatable bonds is 6. The molecule has 5 heteroatoms. The minimum Gasteiger partial charge on any atom is -0.381 e. The monoisotopic (exact) mass is 277 g/mol. The summed E-state index contributed by atoms with van der Waals surface area (Å²) in [4.78, 5) is 16.2. The van der Waals surface area contributed by atoms with Gasteiger partial charge in [-0.1, -0.05) is 6.92 Å². The van der Waals surface area contributed by atoms with E-state index in [1.165, 1.54) is 0 Å². The third kappa shape index (κ3) is 4.20. The molecule has 1 aromatic rings. The largest absolute Gasteiger partial charge is 0.381 e. The van der Waals surface area contributed by atoms with Gasteiger partial charge in [0, 0.05) is 31.6 Å². The van der Waals surface area contributed by atoms with Crippen LogP contribution < -0.4 is 10.6 Å². The van der Waals surface area contributed by atoms with Crippen molar-refractivity contribution in [2.75, 3.05) is 18.5 Å². The van der Waals surface area contributed by atoms with Crippen molar-refractivity contribution in [3.05, 3.63) is 24.0 Å². The molecule has 2 N–H and O–H groups in total. The molecule has 1 aliphatic heterocycles. The van der Waals surface area contributed by atoms with Crippen LogP contribution in [0.5, 0.6) is 0 Å². The van der Waals surface area contributed by atoms with Gasteiger partial charge in [-0.25, -0.2) is 0 Å². The molecule has 2 heterocycles. The smallest absolute Gasteiger partial charge is 0.253 e. The van der Waals surface area contributed by atoms with Crippen LogP contribution in [-0.4, -0.2) is 36.2 Å². The SMILES string of the molecule is CCC(C)Nc1cncc(C(=O)NCC2CCCO2)c1. The van der Waals surface area contributed by atoms with Gasteiger partial charge >= 0.3 is 0 Å². The maximum atomic E-state index is 12.1. The number of amides is 1. The lowest BCUT2D eigenvalue weighted by molar-refractivity contribution is 0.0857. The van der Waals surface area contributed by atoms with Crippen LogP contribution in [0, 0.1) is 0 Å². The van der Waals surface area contributed by atoms with Crippen molar-refractivity contribution in [1.29, 1.82) is 0 Å². The zero-order valence-electron chi connectivity index (χ0n) is 12.2. The predicted molar refractivity (Wildman–Crippen MR) is 78.9 cm³/mol. The topological polar surface area (TPSA) is 63.2 Å². The molecule has 2 rings (SSSR count). The number of ether oxygens (including phenoxy) is 1. The van der Waals surface area contributed by atoms with Crippen molar-refractivity contribution >= 4 is 11.6 Å². The van der Waals surface area contributed by atoms with Crippen LogP contribution in [0.2, 0.25) is 0 Å². The van der Waals surface area contributed by atoms with E-state index >= 15 is 0 Å². The summed E-state index contributed by atoms with van der Waals surface area (Å²) in [6.45, 7) is 5.59. The zero-order valence-corrected chi connectivity index (χ0v) is 12.2. The number of carbonyl (C=O) groups is 1. The van der Waals surface area contributed by atoms with E-state index in [-0.39, 0.29) is 12.0 Å². The van der Waals surface area contributed by atoms with Crippen molar-refractivity contribution in [2.45, 2.75) is 45.3 Å². The van der Waals surface area contributed by atoms with Crippen LogP contribution in [0.15, 0.2) is 18.5 Å². The lowest BCUT2D eigenvalue weighted by Crippen LogP contribution is -2.31. The highest BCUT2D eigenvalue weighted by Crippen LogP contribution is 2.12. The zero-order chi connectivity index (χ0) is 14.4. The molecule has 5 nitrogen and oxygen atoms in total. The molecular weight excluding hydrogens is 254 g/mol. The third-order valence-electron chi connectivity index (χ3n) is 3.54. The highest BCUT2D eigenvalue weighted by molar-refractivity contribution is 5.94. The van der Waals surface area contributed by atoms with Crippen molar-refractivity contribution in [3.8, 4) is 0 Å². The summed E-state index contributed by atoms with van der Waals surface area (Å²) < 4.78 is 5.49. The maximum absolute atomic E-state index is 12.1. The van der Waals surface area contributed by atoms with E-state index in [0.29, 0.717) is 18.2 Å². The van der Waals surface area contributed by atoms with Crippen molar-refractivity contribution < 1.29 is 9.53 Å². The molecule has 2 unspecified atom stereocenters. The molecule has 0 spiro atoms. The molecule has 0 saturated carbocycles. The highest BCUT2D eigenvalue weighted by Gasteiger charge is 2.16. The summed E-state index contributed by atoms with van der Waals surface area (Å²) in [5.41, 5.74) is 1.46. The number of carbonyl (C=O) groups excluding carboxylic acids is 1. The van der Waals surface area contributed by atoms with Crippen LogP contribution in [0.3, 0.4) is 0 Å². The molecule has 0 bridgehead atoms. The quantitative estimate of drug-likeness (QED) is 0.836. The molecule has 2 atom stereocenters. The van der Waals surface area contributed by atoms with Crippen molar-refractivity contribution in [3.63, 3.8) is 0 Å². The molecule has 1 aromatic heterocycles. The van der Waals surface area contributed by atoms with Gasteiger partial charge in [0.25, 0.3) is 5.91 Å². The Hall–Kier alpha value is -1.62. The molecular formula is C15H23N3O2. The van der Waals surface area contributed by atoms with Gasteiger partial charge in [0.05, 0.1) is 17.4 Å². The van der Waals surface area contributed by atoms with Crippen LogP contribution in [0.25, 0.3) is 0 Å². The van der Waals surface area contributed by atoms with Gasteiger partial charge in [0.1, 0.15) is 0 Å². The standard InChI is InChI=1S/C15H23N3O2/c1-3-11(2)18-13-7-12(8-16-9-13)15(19)17-10-14-5-4-6-20-14/h7-9,11,14,18H,3-6,10H2,1-2H3,(H,17,19). The number of nitrogens with one attached hydrogen (secondary N) is 2. The number of hydrogen-bond acceptors (Lipinski definition) is 4. The first-order valence-corrected chi connectivity index (χ1v) is 7.30. The van der Waals surface area contributed by atoms with E-state index in [4.69, 9.17) is 4.74 Å². The van der Waals surface area contributed by atoms with Crippen molar-refractivity contribution in [2.24, 2.45) is 0 Å². The maximum Gasteiger partial charge on any atom is 0.253 e. The van der Waals surface area contributed by atoms with Gasteiger partial charge in [-0.3, -0.25) is 9.78 Å². The second-order valence-electron chi connectivity index (χ2n) is 5.26. The Morgan fingerprint density at radius 3 is 3.10 bits per heavy atom. The molecule has 0 aliphatic carbocycles. The van der Waals surface area contributed by atoms with Gasteiger partial charge in [-0.2, -0.15) is 0 Å². The number of nitrogens with zero attached hydrogens (tertiary/aromatic N) is 1. The minimum absolute atomic E-state index is 0.0965. The van der Waals surface area contributed by atoms with Crippen LogP contribution in [-0.2, 0) is 4.74 Å². The molecule has 1 saturated heterocycles. The molecule has 1 aliphatic rings. The molecule has 20 heavy (non-hydrogen) atoms. The van der Waals surface area contributed by atoms with E-state index in [1.54, 1.807) is 12.4 Å². The van der Waals surface area contributed by atoms with Crippen LogP contribution in [0.1, 0.15) is 43.5 Å². The van der Waals surface area contributed by atoms with Gasteiger partial charge in [0.2, 0.25) is 0 Å². The molecule has 1 amide bonds. The van der Waals surface area contributed by atoms with Crippen LogP contribution >= 0.6 is 0 Å². The Morgan fingerprint density at radius 2 is 2.40 bits per heavy atom.